The third-order valence-electron chi connectivity index (χ3n) is 3.54. The number of halogens is 1. The molecule has 1 amide bonds. The molecule has 20 heavy (non-hydrogen) atoms. The second-order valence-electron chi connectivity index (χ2n) is 5.59. The van der Waals surface area contributed by atoms with E-state index in [0.29, 0.717) is 24.9 Å². The van der Waals surface area contributed by atoms with Crippen LogP contribution in [0.15, 0.2) is 29.2 Å². The van der Waals surface area contributed by atoms with Crippen LogP contribution in [0, 0.1) is 11.8 Å². The minimum Gasteiger partial charge on any atom is -0.338 e. The maximum Gasteiger partial charge on any atom is 0.262 e. The van der Waals surface area contributed by atoms with Crippen molar-refractivity contribution in [2.45, 2.75) is 25.2 Å². The number of carbonyl (C=O) groups excluding carboxylic acids is 1. The minimum absolute atomic E-state index is 0.113. The van der Waals surface area contributed by atoms with Crippen LogP contribution in [0.1, 0.15) is 30.6 Å². The van der Waals surface area contributed by atoms with E-state index >= 15 is 0 Å². The fraction of sp³-hybridized carbons (Fsp3) is 0.500. The second-order valence-corrected chi connectivity index (χ2v) is 8.12. The normalized spacial score (nSPS) is 23.6. The van der Waals surface area contributed by atoms with Crippen molar-refractivity contribution in [3.63, 3.8) is 0 Å². The molecule has 4 nitrogen and oxygen atoms in total. The minimum atomic E-state index is -3.92. The molecule has 0 saturated carbocycles. The van der Waals surface area contributed by atoms with Crippen molar-refractivity contribution in [3.8, 4) is 0 Å². The molecule has 1 aliphatic rings. The quantitative estimate of drug-likeness (QED) is 0.789. The molecule has 0 N–H and O–H groups in total. The smallest absolute Gasteiger partial charge is 0.262 e. The predicted molar refractivity (Wildman–Crippen MR) is 78.3 cm³/mol. The van der Waals surface area contributed by atoms with Gasteiger partial charge in [0.05, 0.1) is 10.5 Å². The molecule has 1 fully saturated rings. The first-order valence-corrected chi connectivity index (χ1v) is 8.93. The Hall–Kier alpha value is -1.07. The highest BCUT2D eigenvalue weighted by atomic mass is 35.7. The van der Waals surface area contributed by atoms with Gasteiger partial charge in [-0.1, -0.05) is 26.0 Å². The summed E-state index contributed by atoms with van der Waals surface area (Å²) in [6.07, 6.45) is 1.08. The van der Waals surface area contributed by atoms with Gasteiger partial charge in [0.15, 0.2) is 0 Å². The largest absolute Gasteiger partial charge is 0.338 e. The Bertz CT molecular complexity index is 605. The fourth-order valence-electron chi connectivity index (χ4n) is 2.86. The van der Waals surface area contributed by atoms with Crippen LogP contribution in [0.3, 0.4) is 0 Å². The average molecular weight is 316 g/mol. The molecule has 1 aromatic carbocycles. The van der Waals surface area contributed by atoms with Crippen molar-refractivity contribution in [2.75, 3.05) is 13.1 Å². The van der Waals surface area contributed by atoms with Gasteiger partial charge in [-0.2, -0.15) is 0 Å². The van der Waals surface area contributed by atoms with Crippen LogP contribution in [0.25, 0.3) is 0 Å². The molecule has 0 radical (unpaired) electrons. The van der Waals surface area contributed by atoms with E-state index in [4.69, 9.17) is 10.7 Å². The number of hydrogen-bond donors (Lipinski definition) is 0. The maximum atomic E-state index is 12.6. The highest BCUT2D eigenvalue weighted by Crippen LogP contribution is 2.26. The van der Waals surface area contributed by atoms with Crippen LogP contribution in [0.5, 0.6) is 0 Å². The molecule has 6 heteroatoms. The third kappa shape index (κ3) is 3.33. The van der Waals surface area contributed by atoms with Crippen molar-refractivity contribution >= 4 is 25.6 Å². The Labute approximate surface area is 124 Å². The van der Waals surface area contributed by atoms with Crippen LogP contribution >= 0.6 is 10.7 Å². The molecule has 0 spiro atoms. The molecule has 1 aliphatic heterocycles. The lowest BCUT2D eigenvalue weighted by Gasteiger charge is -2.35. The summed E-state index contributed by atoms with van der Waals surface area (Å²) in [5.41, 5.74) is 0.156. The zero-order chi connectivity index (χ0) is 14.9. The summed E-state index contributed by atoms with van der Waals surface area (Å²) >= 11 is 0. The standard InChI is InChI=1S/C14H18ClNO3S/c1-10-7-11(2)9-16(8-10)14(17)12-5-3-4-6-13(12)20(15,18)19/h3-6,10-11H,7-9H2,1-2H3. The summed E-state index contributed by atoms with van der Waals surface area (Å²) in [7, 11) is 1.49. The number of carbonyl (C=O) groups is 1. The lowest BCUT2D eigenvalue weighted by Crippen LogP contribution is -2.42. The molecule has 0 bridgehead atoms. The lowest BCUT2D eigenvalue weighted by atomic mass is 9.91. The van der Waals surface area contributed by atoms with E-state index in [-0.39, 0.29) is 16.4 Å². The molecule has 1 heterocycles. The summed E-state index contributed by atoms with van der Waals surface area (Å²) in [6, 6.07) is 6.09. The molecule has 2 rings (SSSR count). The Morgan fingerprint density at radius 3 is 2.30 bits per heavy atom. The Morgan fingerprint density at radius 2 is 1.75 bits per heavy atom. The molecule has 2 unspecified atom stereocenters. The first-order valence-electron chi connectivity index (χ1n) is 6.62. The van der Waals surface area contributed by atoms with Crippen molar-refractivity contribution < 1.29 is 13.2 Å². The number of piperidine rings is 1. The van der Waals surface area contributed by atoms with Gasteiger partial charge in [0, 0.05) is 23.8 Å². The molecule has 0 aliphatic carbocycles. The zero-order valence-electron chi connectivity index (χ0n) is 11.5. The van der Waals surface area contributed by atoms with Gasteiger partial charge in [0.2, 0.25) is 0 Å². The Morgan fingerprint density at radius 1 is 1.20 bits per heavy atom. The van der Waals surface area contributed by atoms with Crippen molar-refractivity contribution in [3.05, 3.63) is 29.8 Å². The van der Waals surface area contributed by atoms with Gasteiger partial charge in [0.25, 0.3) is 15.0 Å². The Kier molecular flexibility index (Phi) is 4.39. The number of benzene rings is 1. The summed E-state index contributed by atoms with van der Waals surface area (Å²) < 4.78 is 23.1. The molecule has 110 valence electrons. The summed E-state index contributed by atoms with van der Waals surface area (Å²) in [6.45, 7) is 5.50. The van der Waals surface area contributed by atoms with E-state index < -0.39 is 9.05 Å². The molecule has 0 aromatic heterocycles. The molecular formula is C14H18ClNO3S. The summed E-state index contributed by atoms with van der Waals surface area (Å²) in [5, 5.41) is 0. The number of rotatable bonds is 2. The fourth-order valence-corrected chi connectivity index (χ4v) is 3.92. The van der Waals surface area contributed by atoms with Crippen LogP contribution < -0.4 is 0 Å². The van der Waals surface area contributed by atoms with E-state index in [1.165, 1.54) is 12.1 Å². The first kappa shape index (κ1) is 15.3. The second kappa shape index (κ2) is 5.74. The molecular weight excluding hydrogens is 298 g/mol. The van der Waals surface area contributed by atoms with E-state index in [0.717, 1.165) is 6.42 Å². The third-order valence-corrected chi connectivity index (χ3v) is 4.92. The molecule has 1 aromatic rings. The van der Waals surface area contributed by atoms with Crippen LogP contribution in [-0.2, 0) is 9.05 Å². The van der Waals surface area contributed by atoms with Gasteiger partial charge >= 0.3 is 0 Å². The Balaban J connectivity index is 2.35. The number of likely N-dealkylation sites (tertiary alicyclic amines) is 1. The topological polar surface area (TPSA) is 54.5 Å². The number of nitrogens with zero attached hydrogens (tertiary/aromatic N) is 1. The summed E-state index contributed by atoms with van der Waals surface area (Å²) in [5.74, 6) is 0.577. The van der Waals surface area contributed by atoms with Crippen molar-refractivity contribution in [1.82, 2.24) is 4.90 Å². The molecule has 2 atom stereocenters. The van der Waals surface area contributed by atoms with Gasteiger partial charge < -0.3 is 4.90 Å². The number of amides is 1. The monoisotopic (exact) mass is 315 g/mol. The average Bonchev–Trinajstić information content (AvgIpc) is 2.35. The van der Waals surface area contributed by atoms with Crippen LogP contribution in [0.2, 0.25) is 0 Å². The molecule has 1 saturated heterocycles. The lowest BCUT2D eigenvalue weighted by molar-refractivity contribution is 0.0619. The van der Waals surface area contributed by atoms with Gasteiger partial charge in [-0.15, -0.1) is 0 Å². The van der Waals surface area contributed by atoms with Gasteiger partial charge in [-0.25, -0.2) is 8.42 Å². The van der Waals surface area contributed by atoms with E-state index in [1.807, 2.05) is 0 Å². The van der Waals surface area contributed by atoms with Crippen molar-refractivity contribution in [2.24, 2.45) is 11.8 Å². The number of hydrogen-bond acceptors (Lipinski definition) is 3. The highest BCUT2D eigenvalue weighted by molar-refractivity contribution is 8.13. The summed E-state index contributed by atoms with van der Waals surface area (Å²) in [4.78, 5) is 14.2. The highest BCUT2D eigenvalue weighted by Gasteiger charge is 2.29. The van der Waals surface area contributed by atoms with Crippen LogP contribution in [-0.4, -0.2) is 32.3 Å². The van der Waals surface area contributed by atoms with E-state index in [2.05, 4.69) is 13.8 Å². The van der Waals surface area contributed by atoms with E-state index in [9.17, 15) is 13.2 Å². The zero-order valence-corrected chi connectivity index (χ0v) is 13.1. The SMILES string of the molecule is CC1CC(C)CN(C(=O)c2ccccc2S(=O)(=O)Cl)C1. The van der Waals surface area contributed by atoms with Gasteiger partial charge in [0.1, 0.15) is 0 Å². The van der Waals surface area contributed by atoms with Gasteiger partial charge in [-0.3, -0.25) is 4.79 Å². The van der Waals surface area contributed by atoms with Crippen molar-refractivity contribution in [1.29, 1.82) is 0 Å². The first-order chi connectivity index (χ1) is 9.29. The van der Waals surface area contributed by atoms with E-state index in [1.54, 1.807) is 17.0 Å². The van der Waals surface area contributed by atoms with Crippen LogP contribution in [0.4, 0.5) is 0 Å². The predicted octanol–water partition coefficient (Wildman–Crippen LogP) is 2.73. The maximum absolute atomic E-state index is 12.6. The van der Waals surface area contributed by atoms with Gasteiger partial charge in [-0.05, 0) is 30.4 Å².